The van der Waals surface area contributed by atoms with E-state index in [9.17, 15) is 14.0 Å². The average Bonchev–Trinajstić information content (AvgIpc) is 3.64. The third-order valence-electron chi connectivity index (χ3n) is 7.03. The largest absolute Gasteiger partial charge is 0.497 e. The first-order chi connectivity index (χ1) is 18.5. The fourth-order valence-corrected chi connectivity index (χ4v) is 5.98. The van der Waals surface area contributed by atoms with Crippen molar-refractivity contribution in [3.63, 3.8) is 0 Å². The molecule has 3 heterocycles. The Bertz CT molecular complexity index is 1280. The molecule has 7 nitrogen and oxygen atoms in total. The van der Waals surface area contributed by atoms with Crippen molar-refractivity contribution in [1.29, 1.82) is 0 Å². The van der Waals surface area contributed by atoms with Gasteiger partial charge in [0.15, 0.2) is 11.6 Å². The maximum Gasteiger partial charge on any atom is 0.254 e. The summed E-state index contributed by atoms with van der Waals surface area (Å²) in [5.74, 6) is -0.155. The van der Waals surface area contributed by atoms with Crippen molar-refractivity contribution in [3.8, 4) is 11.5 Å². The van der Waals surface area contributed by atoms with Crippen LogP contribution >= 0.6 is 11.3 Å². The van der Waals surface area contributed by atoms with E-state index >= 15 is 0 Å². The van der Waals surface area contributed by atoms with Crippen molar-refractivity contribution < 1.29 is 28.2 Å². The molecule has 2 aromatic carbocycles. The fraction of sp³-hybridized carbons (Fsp3) is 0.379. The minimum absolute atomic E-state index is 0.0917. The number of amides is 2. The molecule has 5 rings (SSSR count). The molecular formula is C29H31FN2O5S. The molecule has 2 aliphatic rings. The summed E-state index contributed by atoms with van der Waals surface area (Å²) in [6, 6.07) is 14.8. The molecule has 0 N–H and O–H groups in total. The zero-order valence-electron chi connectivity index (χ0n) is 21.3. The van der Waals surface area contributed by atoms with Gasteiger partial charge in [-0.1, -0.05) is 18.2 Å². The van der Waals surface area contributed by atoms with E-state index in [1.54, 1.807) is 70.7 Å². The van der Waals surface area contributed by atoms with Gasteiger partial charge in [-0.2, -0.15) is 0 Å². The van der Waals surface area contributed by atoms with E-state index in [0.717, 1.165) is 24.8 Å². The number of hydrogen-bond donors (Lipinski definition) is 0. The second-order valence-corrected chi connectivity index (χ2v) is 10.4. The normalized spacial score (nSPS) is 18.6. The fourth-order valence-electron chi connectivity index (χ4n) is 5.05. The van der Waals surface area contributed by atoms with Gasteiger partial charge in [-0.05, 0) is 66.6 Å². The van der Waals surface area contributed by atoms with Gasteiger partial charge in [0, 0.05) is 30.1 Å². The lowest BCUT2D eigenvalue weighted by molar-refractivity contribution is -0.135. The van der Waals surface area contributed by atoms with Gasteiger partial charge in [-0.3, -0.25) is 9.59 Å². The van der Waals surface area contributed by atoms with Crippen molar-refractivity contribution in [2.45, 2.75) is 31.4 Å². The summed E-state index contributed by atoms with van der Waals surface area (Å²) in [5.41, 5.74) is 1.46. The van der Waals surface area contributed by atoms with E-state index in [0.29, 0.717) is 31.0 Å². The second kappa shape index (κ2) is 12.0. The van der Waals surface area contributed by atoms with Crippen LogP contribution in [0.4, 0.5) is 4.39 Å². The molecule has 3 aromatic rings. The summed E-state index contributed by atoms with van der Waals surface area (Å²) < 4.78 is 31.2. The van der Waals surface area contributed by atoms with Gasteiger partial charge in [-0.15, -0.1) is 11.3 Å². The smallest absolute Gasteiger partial charge is 0.254 e. The van der Waals surface area contributed by atoms with E-state index in [-0.39, 0.29) is 42.9 Å². The van der Waals surface area contributed by atoms with Crippen LogP contribution in [0.2, 0.25) is 0 Å². The molecule has 0 bridgehead atoms. The molecular weight excluding hydrogens is 507 g/mol. The van der Waals surface area contributed by atoms with Gasteiger partial charge < -0.3 is 24.0 Å². The molecule has 0 radical (unpaired) electrons. The molecule has 0 aliphatic carbocycles. The van der Waals surface area contributed by atoms with Crippen LogP contribution in [0.25, 0.3) is 0 Å². The Kier molecular flexibility index (Phi) is 8.24. The van der Waals surface area contributed by atoms with Gasteiger partial charge in [0.05, 0.1) is 19.3 Å². The first-order valence-electron chi connectivity index (χ1n) is 12.8. The summed E-state index contributed by atoms with van der Waals surface area (Å²) in [6.07, 6.45) is 2.40. The number of ether oxygens (including phenoxy) is 3. The van der Waals surface area contributed by atoms with E-state index in [4.69, 9.17) is 14.2 Å². The number of carbonyl (C=O) groups is 2. The standard InChI is InChI=1S/C29H31FN2O5S/c1-35-21-7-4-6-20(16-21)29(34)31(17-22-8-5-14-36-22)18-28(33)32-13-11-27-23(12-15-38-27)25(32)19-37-26-10-3-2-9-24(26)30/h2-4,6-7,9-10,12,15-16,22,25H,5,8,11,13-14,17-19H2,1H3/t22-,25-/m0/s1. The molecule has 38 heavy (non-hydrogen) atoms. The predicted molar refractivity (Wildman–Crippen MR) is 142 cm³/mol. The average molecular weight is 539 g/mol. The Morgan fingerprint density at radius 2 is 2.05 bits per heavy atom. The topological polar surface area (TPSA) is 68.3 Å². The zero-order valence-corrected chi connectivity index (χ0v) is 22.1. The highest BCUT2D eigenvalue weighted by atomic mass is 32.1. The number of methoxy groups -OCH3 is 1. The highest BCUT2D eigenvalue weighted by molar-refractivity contribution is 7.10. The third kappa shape index (κ3) is 5.84. The summed E-state index contributed by atoms with van der Waals surface area (Å²) >= 11 is 1.65. The van der Waals surface area contributed by atoms with Crippen LogP contribution in [0, 0.1) is 5.82 Å². The second-order valence-electron chi connectivity index (χ2n) is 9.45. The quantitative estimate of drug-likeness (QED) is 0.394. The number of hydrogen-bond acceptors (Lipinski definition) is 6. The van der Waals surface area contributed by atoms with E-state index in [1.807, 2.05) is 11.4 Å². The molecule has 1 saturated heterocycles. The lowest BCUT2D eigenvalue weighted by atomic mass is 10.00. The van der Waals surface area contributed by atoms with Crippen LogP contribution < -0.4 is 9.47 Å². The SMILES string of the molecule is COc1cccc(C(=O)N(CC(=O)N2CCc3sccc3[C@@H]2COc2ccccc2F)C[C@@H]2CCCO2)c1. The molecule has 1 aromatic heterocycles. The van der Waals surface area contributed by atoms with Crippen LogP contribution in [-0.4, -0.2) is 67.7 Å². The monoisotopic (exact) mass is 538 g/mol. The van der Waals surface area contributed by atoms with Gasteiger partial charge in [-0.25, -0.2) is 4.39 Å². The molecule has 0 saturated carbocycles. The lowest BCUT2D eigenvalue weighted by Crippen LogP contribution is -2.49. The minimum atomic E-state index is -0.446. The van der Waals surface area contributed by atoms with Crippen molar-refractivity contribution in [2.24, 2.45) is 0 Å². The number of para-hydroxylation sites is 1. The molecule has 2 atom stereocenters. The Morgan fingerprint density at radius 1 is 1.18 bits per heavy atom. The molecule has 0 unspecified atom stereocenters. The van der Waals surface area contributed by atoms with Crippen molar-refractivity contribution >= 4 is 23.2 Å². The number of nitrogens with zero attached hydrogens (tertiary/aromatic N) is 2. The summed E-state index contributed by atoms with van der Waals surface area (Å²) in [4.78, 5) is 31.9. The predicted octanol–water partition coefficient (Wildman–Crippen LogP) is 4.72. The summed E-state index contributed by atoms with van der Waals surface area (Å²) in [5, 5.41) is 2.00. The van der Waals surface area contributed by atoms with Crippen LogP contribution in [0.5, 0.6) is 11.5 Å². The maximum absolute atomic E-state index is 14.2. The molecule has 200 valence electrons. The van der Waals surface area contributed by atoms with Gasteiger partial charge in [0.1, 0.15) is 18.9 Å². The number of benzene rings is 2. The molecule has 2 aliphatic heterocycles. The zero-order chi connectivity index (χ0) is 26.5. The van der Waals surface area contributed by atoms with Crippen LogP contribution in [0.1, 0.15) is 39.7 Å². The number of thiophene rings is 1. The number of halogens is 1. The van der Waals surface area contributed by atoms with Crippen LogP contribution in [-0.2, 0) is 16.0 Å². The third-order valence-corrected chi connectivity index (χ3v) is 8.02. The van der Waals surface area contributed by atoms with Crippen LogP contribution in [0.3, 0.4) is 0 Å². The number of carbonyl (C=O) groups excluding carboxylic acids is 2. The first kappa shape index (κ1) is 26.2. The highest BCUT2D eigenvalue weighted by Gasteiger charge is 2.34. The van der Waals surface area contributed by atoms with Crippen molar-refractivity contribution in [3.05, 3.63) is 81.8 Å². The van der Waals surface area contributed by atoms with Gasteiger partial charge in [0.2, 0.25) is 5.91 Å². The Hall–Kier alpha value is -3.43. The molecule has 0 spiro atoms. The number of fused-ring (bicyclic) bond motifs is 1. The minimum Gasteiger partial charge on any atom is -0.497 e. The van der Waals surface area contributed by atoms with Crippen molar-refractivity contribution in [2.75, 3.05) is 40.0 Å². The summed E-state index contributed by atoms with van der Waals surface area (Å²) in [7, 11) is 1.55. The molecule has 9 heteroatoms. The van der Waals surface area contributed by atoms with Crippen LogP contribution in [0.15, 0.2) is 60.0 Å². The Labute approximate surface area is 225 Å². The van der Waals surface area contributed by atoms with Gasteiger partial charge >= 0.3 is 0 Å². The van der Waals surface area contributed by atoms with Gasteiger partial charge in [0.25, 0.3) is 5.91 Å². The molecule has 1 fully saturated rings. The van der Waals surface area contributed by atoms with E-state index in [1.165, 1.54) is 10.9 Å². The van der Waals surface area contributed by atoms with E-state index in [2.05, 4.69) is 0 Å². The van der Waals surface area contributed by atoms with Crippen molar-refractivity contribution in [1.82, 2.24) is 9.80 Å². The lowest BCUT2D eigenvalue weighted by Gasteiger charge is -2.37. The highest BCUT2D eigenvalue weighted by Crippen LogP contribution is 2.34. The Morgan fingerprint density at radius 3 is 2.84 bits per heavy atom. The molecule has 2 amide bonds. The van der Waals surface area contributed by atoms with E-state index < -0.39 is 5.82 Å². The number of rotatable bonds is 9. The first-order valence-corrected chi connectivity index (χ1v) is 13.7. The summed E-state index contributed by atoms with van der Waals surface area (Å²) in [6.45, 7) is 1.51. The Balaban J connectivity index is 1.36. The maximum atomic E-state index is 14.2.